The van der Waals surface area contributed by atoms with Crippen LogP contribution in [0.15, 0.2) is 0 Å². The molecule has 16 heteroatoms. The smallest absolute Gasteiger partial charge is 0.221 e. The van der Waals surface area contributed by atoms with Crippen LogP contribution in [0.3, 0.4) is 0 Å². The van der Waals surface area contributed by atoms with E-state index in [9.17, 15) is 51.1 Å². The number of rotatable bonds is 10. The predicted molar refractivity (Wildman–Crippen MR) is 101 cm³/mol. The van der Waals surface area contributed by atoms with Gasteiger partial charge in [0.25, 0.3) is 0 Å². The van der Waals surface area contributed by atoms with Gasteiger partial charge in [-0.05, 0) is 0 Å². The molecule has 0 aliphatic carbocycles. The Labute approximate surface area is 192 Å². The third kappa shape index (κ3) is 4.59. The quantitative estimate of drug-likeness (QED) is 0.132. The molecular weight excluding hydrogens is 472 g/mol. The molecule has 0 aromatic carbocycles. The molecule has 0 amide bonds. The summed E-state index contributed by atoms with van der Waals surface area (Å²) in [5.41, 5.74) is 0. The molecule has 11 N–H and O–H groups in total. The fourth-order valence-corrected chi connectivity index (χ4v) is 4.17. The number of aliphatic hydroxyl groups excluding tert-OH is 10. The van der Waals surface area contributed by atoms with Gasteiger partial charge in [-0.25, -0.2) is 0 Å². The molecule has 0 aromatic rings. The van der Waals surface area contributed by atoms with Crippen LogP contribution in [0.2, 0.25) is 0 Å². The van der Waals surface area contributed by atoms with Crippen molar-refractivity contribution in [2.45, 2.75) is 72.3 Å². The van der Waals surface area contributed by atoms with Crippen LogP contribution in [0, 0.1) is 0 Å². The highest BCUT2D eigenvalue weighted by Crippen LogP contribution is 2.37. The summed E-state index contributed by atoms with van der Waals surface area (Å²) in [6.45, 7) is -5.05. The molecule has 3 rings (SSSR count). The standard InChI is InChI=1S/C18H32O16/c19-1-7-10(23)14(27)17(5-21,33-7)31-3-9-12(25)15(28)18(6-22,34-9)30-2-8-11(24)13(26)16(29,4-20)32-8/h7-15,19-29H,1-6H2/t7-,8-,9-,10-,11-,12-,13+,14+,15+,16-,17-,18-/m1/s1. The zero-order chi connectivity index (χ0) is 25.5. The summed E-state index contributed by atoms with van der Waals surface area (Å²) in [7, 11) is 0. The number of ether oxygens (including phenoxy) is 5. The summed E-state index contributed by atoms with van der Waals surface area (Å²) >= 11 is 0. The Hall–Kier alpha value is -0.640. The lowest BCUT2D eigenvalue weighted by atomic mass is 10.0. The molecule has 200 valence electrons. The molecule has 34 heavy (non-hydrogen) atoms. The van der Waals surface area contributed by atoms with Gasteiger partial charge in [-0.2, -0.15) is 0 Å². The highest BCUT2D eigenvalue weighted by molar-refractivity contribution is 5.01. The average Bonchev–Trinajstić information content (AvgIpc) is 3.33. The second kappa shape index (κ2) is 10.4. The van der Waals surface area contributed by atoms with E-state index < -0.39 is 112 Å². The first kappa shape index (κ1) is 27.9. The van der Waals surface area contributed by atoms with Crippen LogP contribution in [0.5, 0.6) is 0 Å². The first-order valence-electron chi connectivity index (χ1n) is 10.5. The first-order chi connectivity index (χ1) is 15.9. The van der Waals surface area contributed by atoms with Gasteiger partial charge in [-0.3, -0.25) is 0 Å². The van der Waals surface area contributed by atoms with Gasteiger partial charge in [-0.15, -0.1) is 0 Å². The van der Waals surface area contributed by atoms with Gasteiger partial charge in [0.2, 0.25) is 17.4 Å². The molecule has 0 spiro atoms. The van der Waals surface area contributed by atoms with E-state index in [0.717, 1.165) is 0 Å². The van der Waals surface area contributed by atoms with Gasteiger partial charge >= 0.3 is 0 Å². The van der Waals surface area contributed by atoms with E-state index in [1.807, 2.05) is 0 Å². The molecule has 0 radical (unpaired) electrons. The topological polar surface area (TPSA) is 269 Å². The van der Waals surface area contributed by atoms with Crippen LogP contribution in [0.25, 0.3) is 0 Å². The third-order valence-corrected chi connectivity index (χ3v) is 6.36. The minimum absolute atomic E-state index is 0.655. The van der Waals surface area contributed by atoms with Crippen LogP contribution in [-0.2, 0) is 23.7 Å². The Morgan fingerprint density at radius 3 is 1.35 bits per heavy atom. The molecular formula is C18H32O16. The van der Waals surface area contributed by atoms with Crippen molar-refractivity contribution in [1.29, 1.82) is 0 Å². The Kier molecular flexibility index (Phi) is 8.53. The Bertz CT molecular complexity index is 684. The van der Waals surface area contributed by atoms with Gasteiger partial charge < -0.3 is 79.9 Å². The molecule has 0 aromatic heterocycles. The Balaban J connectivity index is 1.65. The first-order valence-corrected chi connectivity index (χ1v) is 10.5. The fraction of sp³-hybridized carbons (Fsp3) is 1.00. The van der Waals surface area contributed by atoms with Crippen molar-refractivity contribution in [2.24, 2.45) is 0 Å². The number of hydrogen-bond acceptors (Lipinski definition) is 16. The fourth-order valence-electron chi connectivity index (χ4n) is 4.17. The maximum absolute atomic E-state index is 10.4. The van der Waals surface area contributed by atoms with E-state index in [0.29, 0.717) is 0 Å². The summed E-state index contributed by atoms with van der Waals surface area (Å²) < 4.78 is 26.4. The largest absolute Gasteiger partial charge is 0.394 e. The summed E-state index contributed by atoms with van der Waals surface area (Å²) in [5, 5.41) is 109. The molecule has 0 bridgehead atoms. The second-order valence-electron chi connectivity index (χ2n) is 8.52. The van der Waals surface area contributed by atoms with Crippen molar-refractivity contribution in [2.75, 3.05) is 39.6 Å². The zero-order valence-corrected chi connectivity index (χ0v) is 17.9. The lowest BCUT2D eigenvalue weighted by Crippen LogP contribution is -2.50. The number of hydrogen-bond donors (Lipinski definition) is 11. The maximum Gasteiger partial charge on any atom is 0.221 e. The maximum atomic E-state index is 10.4. The van der Waals surface area contributed by atoms with Crippen molar-refractivity contribution in [3.8, 4) is 0 Å². The molecule has 3 heterocycles. The Morgan fingerprint density at radius 2 is 0.971 bits per heavy atom. The molecule has 0 saturated carbocycles. The van der Waals surface area contributed by atoms with Crippen molar-refractivity contribution in [1.82, 2.24) is 0 Å². The minimum atomic E-state index is -2.47. The lowest BCUT2D eigenvalue weighted by Gasteiger charge is -2.33. The van der Waals surface area contributed by atoms with Crippen LogP contribution in [-0.4, -0.2) is 168 Å². The van der Waals surface area contributed by atoms with Gasteiger partial charge in [0.05, 0.1) is 26.4 Å². The van der Waals surface area contributed by atoms with E-state index in [1.54, 1.807) is 0 Å². The van der Waals surface area contributed by atoms with E-state index in [1.165, 1.54) is 0 Å². The van der Waals surface area contributed by atoms with Crippen LogP contribution in [0.1, 0.15) is 0 Å². The normalized spacial score (nSPS) is 51.4. The highest BCUT2D eigenvalue weighted by Gasteiger charge is 2.60. The van der Waals surface area contributed by atoms with Crippen molar-refractivity contribution in [3.05, 3.63) is 0 Å². The lowest BCUT2D eigenvalue weighted by molar-refractivity contribution is -0.311. The van der Waals surface area contributed by atoms with E-state index in [4.69, 9.17) is 28.8 Å². The molecule has 3 aliphatic heterocycles. The van der Waals surface area contributed by atoms with E-state index in [-0.39, 0.29) is 0 Å². The van der Waals surface area contributed by atoms with Crippen molar-refractivity contribution < 1.29 is 79.9 Å². The summed E-state index contributed by atoms with van der Waals surface area (Å²) in [5.74, 6) is -6.93. The van der Waals surface area contributed by atoms with E-state index in [2.05, 4.69) is 0 Å². The van der Waals surface area contributed by atoms with Gasteiger partial charge in [-0.1, -0.05) is 0 Å². The molecule has 3 saturated heterocycles. The van der Waals surface area contributed by atoms with Crippen LogP contribution < -0.4 is 0 Å². The van der Waals surface area contributed by atoms with Gasteiger partial charge in [0.15, 0.2) is 0 Å². The SMILES string of the molecule is OC[C@H]1O[C@@](CO)(OC[C@H]2O[C@@](CO)(OC[C@H]3O[C@](O)(CO)[C@@H](O)[C@@H]3O)[C@@H](O)[C@@H]2O)[C@@H](O)[C@@H]1O. The molecule has 3 aliphatic rings. The highest BCUT2D eigenvalue weighted by atomic mass is 16.8. The molecule has 3 fully saturated rings. The number of aliphatic hydroxyl groups is 11. The van der Waals surface area contributed by atoms with Crippen LogP contribution >= 0.6 is 0 Å². The summed E-state index contributed by atoms with van der Waals surface area (Å²) in [6.07, 6.45) is -14.7. The van der Waals surface area contributed by atoms with Crippen molar-refractivity contribution >= 4 is 0 Å². The monoisotopic (exact) mass is 504 g/mol. The van der Waals surface area contributed by atoms with Gasteiger partial charge in [0.1, 0.15) is 68.1 Å². The van der Waals surface area contributed by atoms with Crippen molar-refractivity contribution in [3.63, 3.8) is 0 Å². The Morgan fingerprint density at radius 1 is 0.559 bits per heavy atom. The third-order valence-electron chi connectivity index (χ3n) is 6.36. The van der Waals surface area contributed by atoms with Crippen LogP contribution in [0.4, 0.5) is 0 Å². The molecule has 16 nitrogen and oxygen atoms in total. The molecule has 0 unspecified atom stereocenters. The molecule has 12 atom stereocenters. The summed E-state index contributed by atoms with van der Waals surface area (Å²) in [4.78, 5) is 0. The second-order valence-corrected chi connectivity index (χ2v) is 8.52. The predicted octanol–water partition coefficient (Wildman–Crippen LogP) is -7.57. The summed E-state index contributed by atoms with van der Waals surface area (Å²) in [6, 6.07) is 0. The average molecular weight is 504 g/mol. The minimum Gasteiger partial charge on any atom is -0.394 e. The van der Waals surface area contributed by atoms with E-state index >= 15 is 0 Å². The zero-order valence-electron chi connectivity index (χ0n) is 17.9. The van der Waals surface area contributed by atoms with Gasteiger partial charge in [0, 0.05) is 0 Å².